The Kier molecular flexibility index (Phi) is 4.95. The van der Waals surface area contributed by atoms with Crippen molar-refractivity contribution in [2.45, 2.75) is 19.4 Å². The van der Waals surface area contributed by atoms with Crippen molar-refractivity contribution >= 4 is 17.7 Å². The molecule has 0 aliphatic carbocycles. The van der Waals surface area contributed by atoms with Crippen molar-refractivity contribution in [3.8, 4) is 0 Å². The average molecular weight is 268 g/mol. The fourth-order valence-corrected chi connectivity index (χ4v) is 3.57. The van der Waals surface area contributed by atoms with E-state index in [1.807, 2.05) is 25.2 Å². The molecule has 1 N–H and O–H groups in total. The maximum atomic E-state index is 4.43. The van der Waals surface area contributed by atoms with Crippen molar-refractivity contribution < 1.29 is 0 Å². The van der Waals surface area contributed by atoms with E-state index in [1.54, 1.807) is 0 Å². The van der Waals surface area contributed by atoms with Crippen LogP contribution in [0.5, 0.6) is 0 Å². The Bertz CT molecular complexity index is 369. The van der Waals surface area contributed by atoms with E-state index < -0.39 is 0 Å². The zero-order valence-electron chi connectivity index (χ0n) is 11.6. The number of anilines is 1. The van der Waals surface area contributed by atoms with Gasteiger partial charge in [0.05, 0.1) is 11.9 Å². The summed E-state index contributed by atoms with van der Waals surface area (Å²) in [5.74, 6) is 4.56. The number of hydrogen-bond acceptors (Lipinski definition) is 4. The van der Waals surface area contributed by atoms with Gasteiger partial charge in [-0.15, -0.1) is 0 Å². The zero-order valence-corrected chi connectivity index (χ0v) is 12.5. The summed E-state index contributed by atoms with van der Waals surface area (Å²) in [5, 5.41) is 3.58. The normalized spacial score (nSPS) is 17.1. The molecule has 1 aliphatic rings. The van der Waals surface area contributed by atoms with Crippen LogP contribution in [0.4, 0.5) is 5.95 Å². The molecule has 0 spiro atoms. The van der Waals surface area contributed by atoms with Gasteiger partial charge in [-0.2, -0.15) is 11.8 Å². The summed E-state index contributed by atoms with van der Waals surface area (Å²) in [4.78, 5) is 6.47. The minimum atomic E-state index is 0.868. The molecule has 5 heteroatoms. The topological polar surface area (TPSA) is 33.1 Å². The van der Waals surface area contributed by atoms with Crippen LogP contribution in [-0.4, -0.2) is 41.7 Å². The minimum Gasteiger partial charge on any atom is -0.348 e. The molecule has 0 atom stereocenters. The van der Waals surface area contributed by atoms with Crippen molar-refractivity contribution in [2.75, 3.05) is 37.0 Å². The Morgan fingerprint density at radius 2 is 2.17 bits per heavy atom. The van der Waals surface area contributed by atoms with E-state index in [0.717, 1.165) is 25.0 Å². The van der Waals surface area contributed by atoms with E-state index >= 15 is 0 Å². The predicted octanol–water partition coefficient (Wildman–Crippen LogP) is 1.72. The van der Waals surface area contributed by atoms with Crippen LogP contribution in [0, 0.1) is 5.92 Å². The second-order valence-corrected chi connectivity index (χ2v) is 6.41. The molecule has 4 nitrogen and oxygen atoms in total. The molecule has 0 aromatic carbocycles. The molecule has 0 saturated carbocycles. The number of thioether (sulfide) groups is 1. The lowest BCUT2D eigenvalue weighted by molar-refractivity contribution is 0.444. The maximum Gasteiger partial charge on any atom is 0.204 e. The van der Waals surface area contributed by atoms with Crippen molar-refractivity contribution in [2.24, 2.45) is 13.0 Å². The summed E-state index contributed by atoms with van der Waals surface area (Å²) >= 11 is 2.09. The Balaban J connectivity index is 1.79. The second kappa shape index (κ2) is 6.48. The summed E-state index contributed by atoms with van der Waals surface area (Å²) in [7, 11) is 6.13. The minimum absolute atomic E-state index is 0.868. The first-order valence-corrected chi connectivity index (χ1v) is 7.80. The van der Waals surface area contributed by atoms with Crippen LogP contribution in [-0.2, 0) is 13.6 Å². The molecular weight excluding hydrogens is 244 g/mol. The third-order valence-electron chi connectivity index (χ3n) is 3.54. The number of hydrogen-bond donors (Lipinski definition) is 1. The molecule has 0 unspecified atom stereocenters. The molecule has 0 radical (unpaired) electrons. The lowest BCUT2D eigenvalue weighted by atomic mass is 10.0. The smallest absolute Gasteiger partial charge is 0.204 e. The van der Waals surface area contributed by atoms with Crippen LogP contribution in [0.3, 0.4) is 0 Å². The van der Waals surface area contributed by atoms with Gasteiger partial charge >= 0.3 is 0 Å². The number of nitrogens with zero attached hydrogens (tertiary/aromatic N) is 3. The highest BCUT2D eigenvalue weighted by Crippen LogP contribution is 2.22. The first kappa shape index (κ1) is 13.7. The van der Waals surface area contributed by atoms with Crippen molar-refractivity contribution in [3.05, 3.63) is 11.9 Å². The highest BCUT2D eigenvalue weighted by atomic mass is 32.2. The van der Waals surface area contributed by atoms with Gasteiger partial charge in [-0.3, -0.25) is 0 Å². The van der Waals surface area contributed by atoms with E-state index in [9.17, 15) is 0 Å². The third-order valence-corrected chi connectivity index (χ3v) is 4.59. The first-order valence-electron chi connectivity index (χ1n) is 6.65. The van der Waals surface area contributed by atoms with Gasteiger partial charge in [-0.05, 0) is 36.8 Å². The number of aromatic nitrogens is 2. The first-order chi connectivity index (χ1) is 8.68. The van der Waals surface area contributed by atoms with Gasteiger partial charge in [0, 0.05) is 27.7 Å². The van der Waals surface area contributed by atoms with Crippen LogP contribution in [0.2, 0.25) is 0 Å². The Morgan fingerprint density at radius 3 is 2.78 bits per heavy atom. The van der Waals surface area contributed by atoms with Gasteiger partial charge in [0.25, 0.3) is 0 Å². The van der Waals surface area contributed by atoms with E-state index in [0.29, 0.717) is 0 Å². The third kappa shape index (κ3) is 3.42. The molecule has 0 bridgehead atoms. The fraction of sp³-hybridized carbons (Fsp3) is 0.769. The van der Waals surface area contributed by atoms with Gasteiger partial charge in [0.1, 0.15) is 0 Å². The Hall–Kier alpha value is -0.680. The lowest BCUT2D eigenvalue weighted by Gasteiger charge is -2.21. The molecule has 1 aliphatic heterocycles. The quantitative estimate of drug-likeness (QED) is 0.881. The van der Waals surface area contributed by atoms with Gasteiger partial charge in [-0.1, -0.05) is 0 Å². The van der Waals surface area contributed by atoms with Crippen molar-refractivity contribution in [1.29, 1.82) is 0 Å². The van der Waals surface area contributed by atoms with E-state index in [4.69, 9.17) is 0 Å². The Labute approximate surface area is 114 Å². The monoisotopic (exact) mass is 268 g/mol. The summed E-state index contributed by atoms with van der Waals surface area (Å²) in [6, 6.07) is 0. The number of nitrogens with one attached hydrogen (secondary N) is 1. The van der Waals surface area contributed by atoms with Crippen molar-refractivity contribution in [1.82, 2.24) is 14.9 Å². The lowest BCUT2D eigenvalue weighted by Crippen LogP contribution is -2.26. The SMILES string of the molecule is CN(C)c1ncc(CNCC2CCSCC2)n1C. The molecule has 1 saturated heterocycles. The number of imidazole rings is 1. The Morgan fingerprint density at radius 1 is 1.44 bits per heavy atom. The van der Waals surface area contributed by atoms with Gasteiger partial charge in [0.2, 0.25) is 5.95 Å². The van der Waals surface area contributed by atoms with Crippen LogP contribution in [0.25, 0.3) is 0 Å². The standard InChI is InChI=1S/C13H24N4S/c1-16(2)13-15-10-12(17(13)3)9-14-8-11-4-6-18-7-5-11/h10-11,14H,4-9H2,1-3H3. The van der Waals surface area contributed by atoms with Gasteiger partial charge in [0.15, 0.2) is 0 Å². The molecule has 0 amide bonds. The summed E-state index contributed by atoms with van der Waals surface area (Å²) < 4.78 is 2.16. The molecular formula is C13H24N4S. The van der Waals surface area contributed by atoms with Gasteiger partial charge in [-0.25, -0.2) is 4.98 Å². The summed E-state index contributed by atoms with van der Waals surface area (Å²) in [6.07, 6.45) is 4.71. The van der Waals surface area contributed by atoms with E-state index in [2.05, 4.69) is 33.7 Å². The molecule has 1 aromatic rings. The molecule has 18 heavy (non-hydrogen) atoms. The van der Waals surface area contributed by atoms with Gasteiger partial charge < -0.3 is 14.8 Å². The highest BCUT2D eigenvalue weighted by Gasteiger charge is 2.13. The van der Waals surface area contributed by atoms with Crippen molar-refractivity contribution in [3.63, 3.8) is 0 Å². The second-order valence-electron chi connectivity index (χ2n) is 5.19. The number of rotatable bonds is 5. The van der Waals surface area contributed by atoms with Crippen LogP contribution in [0.1, 0.15) is 18.5 Å². The molecule has 1 aromatic heterocycles. The molecule has 1 fully saturated rings. The zero-order chi connectivity index (χ0) is 13.0. The molecule has 102 valence electrons. The van der Waals surface area contributed by atoms with E-state index in [1.165, 1.54) is 30.0 Å². The predicted molar refractivity (Wildman–Crippen MR) is 79.3 cm³/mol. The summed E-state index contributed by atoms with van der Waals surface area (Å²) in [6.45, 7) is 2.06. The molecule has 2 rings (SSSR count). The largest absolute Gasteiger partial charge is 0.348 e. The highest BCUT2D eigenvalue weighted by molar-refractivity contribution is 7.99. The fourth-order valence-electron chi connectivity index (χ4n) is 2.37. The van der Waals surface area contributed by atoms with E-state index in [-0.39, 0.29) is 0 Å². The van der Waals surface area contributed by atoms with Crippen LogP contribution in [0.15, 0.2) is 6.20 Å². The maximum absolute atomic E-state index is 4.43. The van der Waals surface area contributed by atoms with Crippen LogP contribution < -0.4 is 10.2 Å². The molecule has 2 heterocycles. The average Bonchev–Trinajstić information content (AvgIpc) is 2.73. The van der Waals surface area contributed by atoms with Crippen LogP contribution >= 0.6 is 11.8 Å². The summed E-state index contributed by atoms with van der Waals surface area (Å²) in [5.41, 5.74) is 1.25.